The zero-order valence-electron chi connectivity index (χ0n) is 16.7. The van der Waals surface area contributed by atoms with Crippen LogP contribution in [0.5, 0.6) is 0 Å². The number of hydrogen-bond donors (Lipinski definition) is 1. The number of amides is 2. The van der Waals surface area contributed by atoms with Crippen LogP contribution in [0, 0.1) is 5.92 Å². The number of rotatable bonds is 5. The zero-order valence-corrected chi connectivity index (χ0v) is 16.7. The van der Waals surface area contributed by atoms with Crippen LogP contribution >= 0.6 is 0 Å². The Labute approximate surface area is 163 Å². The van der Waals surface area contributed by atoms with Gasteiger partial charge in [0.2, 0.25) is 5.91 Å². The van der Waals surface area contributed by atoms with Gasteiger partial charge >= 0.3 is 0 Å². The molecular formula is C22H33N3O2. The Bertz CT molecular complexity index is 618. The molecule has 0 saturated carbocycles. The molecule has 2 heterocycles. The summed E-state index contributed by atoms with van der Waals surface area (Å²) in [5, 5.41) is 3.28. The number of hydrogen-bond acceptors (Lipinski definition) is 3. The van der Waals surface area contributed by atoms with Crippen molar-refractivity contribution in [2.24, 2.45) is 5.92 Å². The van der Waals surface area contributed by atoms with E-state index in [1.54, 1.807) is 0 Å². The molecule has 2 aliphatic rings. The predicted octanol–water partition coefficient (Wildman–Crippen LogP) is 2.92. The lowest BCUT2D eigenvalue weighted by Gasteiger charge is -2.38. The van der Waals surface area contributed by atoms with Crippen molar-refractivity contribution in [3.8, 4) is 0 Å². The minimum Gasteiger partial charge on any atom is -0.352 e. The van der Waals surface area contributed by atoms with Gasteiger partial charge in [-0.3, -0.25) is 14.5 Å². The minimum atomic E-state index is -0.0331. The third-order valence-corrected chi connectivity index (χ3v) is 5.83. The third kappa shape index (κ3) is 5.10. The Morgan fingerprint density at radius 3 is 2.19 bits per heavy atom. The molecule has 1 aromatic carbocycles. The molecule has 0 bridgehead atoms. The molecule has 1 unspecified atom stereocenters. The zero-order chi connectivity index (χ0) is 19.2. The van der Waals surface area contributed by atoms with Gasteiger partial charge in [-0.2, -0.15) is 0 Å². The molecule has 27 heavy (non-hydrogen) atoms. The summed E-state index contributed by atoms with van der Waals surface area (Å²) in [5.74, 6) is 0.566. The largest absolute Gasteiger partial charge is 0.352 e. The fourth-order valence-corrected chi connectivity index (χ4v) is 4.36. The van der Waals surface area contributed by atoms with Gasteiger partial charge in [-0.25, -0.2) is 0 Å². The van der Waals surface area contributed by atoms with Gasteiger partial charge in [0.1, 0.15) is 0 Å². The highest BCUT2D eigenvalue weighted by Gasteiger charge is 2.32. The maximum absolute atomic E-state index is 13.0. The summed E-state index contributed by atoms with van der Waals surface area (Å²) in [6.07, 6.45) is 5.31. The van der Waals surface area contributed by atoms with Gasteiger partial charge in [0.15, 0.2) is 0 Å². The van der Waals surface area contributed by atoms with Crippen molar-refractivity contribution in [2.45, 2.75) is 58.0 Å². The van der Waals surface area contributed by atoms with Crippen molar-refractivity contribution < 1.29 is 9.59 Å². The fourth-order valence-electron chi connectivity index (χ4n) is 4.36. The molecule has 2 fully saturated rings. The van der Waals surface area contributed by atoms with E-state index in [4.69, 9.17) is 0 Å². The molecular weight excluding hydrogens is 338 g/mol. The molecule has 0 aromatic heterocycles. The topological polar surface area (TPSA) is 52.7 Å². The normalized spacial score (nSPS) is 20.5. The van der Waals surface area contributed by atoms with Crippen LogP contribution in [0.25, 0.3) is 0 Å². The maximum Gasteiger partial charge on any atom is 0.253 e. The Morgan fingerprint density at radius 1 is 0.963 bits per heavy atom. The van der Waals surface area contributed by atoms with Crippen molar-refractivity contribution in [3.05, 3.63) is 35.9 Å². The Kier molecular flexibility index (Phi) is 6.89. The molecule has 2 aliphatic heterocycles. The molecule has 1 aromatic rings. The molecule has 5 heteroatoms. The van der Waals surface area contributed by atoms with Gasteiger partial charge in [0, 0.05) is 24.7 Å². The van der Waals surface area contributed by atoms with E-state index in [9.17, 15) is 9.59 Å². The lowest BCUT2D eigenvalue weighted by molar-refractivity contribution is -0.129. The second-order valence-corrected chi connectivity index (χ2v) is 8.23. The summed E-state index contributed by atoms with van der Waals surface area (Å²) in [6.45, 7) is 7.74. The molecule has 0 aliphatic carbocycles. The number of carbonyl (C=O) groups is 2. The maximum atomic E-state index is 13.0. The molecule has 1 N–H and O–H groups in total. The number of nitrogens with one attached hydrogen (secondary N) is 1. The molecule has 2 amide bonds. The molecule has 1 atom stereocenters. The standard InChI is InChI=1S/C22H33N3O2/c1-17(2)20(24-13-7-4-8-14-24)21(26)23-19-11-15-25(16-12-19)22(27)18-9-5-3-6-10-18/h3,5-6,9-10,17,19-20H,4,7-8,11-16H2,1-2H3,(H,23,26). The van der Waals surface area contributed by atoms with Gasteiger partial charge in [-0.05, 0) is 56.8 Å². The van der Waals surface area contributed by atoms with Gasteiger partial charge in [0.05, 0.1) is 6.04 Å². The van der Waals surface area contributed by atoms with Crippen molar-refractivity contribution in [1.82, 2.24) is 15.1 Å². The van der Waals surface area contributed by atoms with E-state index in [2.05, 4.69) is 24.1 Å². The molecule has 0 spiro atoms. The number of likely N-dealkylation sites (tertiary alicyclic amines) is 2. The number of piperidine rings is 2. The predicted molar refractivity (Wildman–Crippen MR) is 108 cm³/mol. The third-order valence-electron chi connectivity index (χ3n) is 5.83. The van der Waals surface area contributed by atoms with Crippen LogP contribution in [0.3, 0.4) is 0 Å². The van der Waals surface area contributed by atoms with Gasteiger partial charge in [0.25, 0.3) is 5.91 Å². The quantitative estimate of drug-likeness (QED) is 0.866. The highest BCUT2D eigenvalue weighted by Crippen LogP contribution is 2.19. The van der Waals surface area contributed by atoms with Crippen LogP contribution in [-0.4, -0.2) is 59.9 Å². The van der Waals surface area contributed by atoms with Crippen LogP contribution in [0.2, 0.25) is 0 Å². The summed E-state index contributed by atoms with van der Waals surface area (Å²) in [7, 11) is 0. The van der Waals surface area contributed by atoms with Gasteiger partial charge in [-0.15, -0.1) is 0 Å². The fraction of sp³-hybridized carbons (Fsp3) is 0.636. The summed E-state index contributed by atoms with van der Waals surface area (Å²) < 4.78 is 0. The van der Waals surface area contributed by atoms with E-state index in [0.29, 0.717) is 19.0 Å². The molecule has 3 rings (SSSR count). The first-order valence-corrected chi connectivity index (χ1v) is 10.4. The van der Waals surface area contributed by atoms with Gasteiger partial charge in [-0.1, -0.05) is 38.5 Å². The molecule has 148 valence electrons. The van der Waals surface area contributed by atoms with E-state index in [0.717, 1.165) is 31.5 Å². The van der Waals surface area contributed by atoms with E-state index in [1.807, 2.05) is 35.2 Å². The van der Waals surface area contributed by atoms with Crippen LogP contribution in [0.15, 0.2) is 30.3 Å². The smallest absolute Gasteiger partial charge is 0.253 e. The van der Waals surface area contributed by atoms with Gasteiger partial charge < -0.3 is 10.2 Å². The van der Waals surface area contributed by atoms with Crippen molar-refractivity contribution in [2.75, 3.05) is 26.2 Å². The lowest BCUT2D eigenvalue weighted by Crippen LogP contribution is -2.55. The van der Waals surface area contributed by atoms with Crippen molar-refractivity contribution in [3.63, 3.8) is 0 Å². The van der Waals surface area contributed by atoms with Crippen molar-refractivity contribution in [1.29, 1.82) is 0 Å². The SMILES string of the molecule is CC(C)C(C(=O)NC1CCN(C(=O)c2ccccc2)CC1)N1CCCCC1. The van der Waals surface area contributed by atoms with Crippen LogP contribution in [-0.2, 0) is 4.79 Å². The molecule has 2 saturated heterocycles. The molecule has 5 nitrogen and oxygen atoms in total. The Balaban J connectivity index is 1.51. The summed E-state index contributed by atoms with van der Waals surface area (Å²) in [4.78, 5) is 29.8. The average molecular weight is 372 g/mol. The summed E-state index contributed by atoms with van der Waals surface area (Å²) in [5.41, 5.74) is 0.741. The molecule has 0 radical (unpaired) electrons. The average Bonchev–Trinajstić information content (AvgIpc) is 2.69. The van der Waals surface area contributed by atoms with E-state index >= 15 is 0 Å². The highest BCUT2D eigenvalue weighted by atomic mass is 16.2. The summed E-state index contributed by atoms with van der Waals surface area (Å²) >= 11 is 0. The van der Waals surface area contributed by atoms with Crippen molar-refractivity contribution >= 4 is 11.8 Å². The van der Waals surface area contributed by atoms with E-state index in [1.165, 1.54) is 19.3 Å². The van der Waals surface area contributed by atoms with E-state index in [-0.39, 0.29) is 23.9 Å². The minimum absolute atomic E-state index is 0.0331. The lowest BCUT2D eigenvalue weighted by atomic mass is 9.97. The number of benzene rings is 1. The number of nitrogens with zero attached hydrogens (tertiary/aromatic N) is 2. The Morgan fingerprint density at radius 2 is 1.59 bits per heavy atom. The van der Waals surface area contributed by atoms with Crippen LogP contribution < -0.4 is 5.32 Å². The summed E-state index contributed by atoms with van der Waals surface area (Å²) in [6, 6.07) is 9.58. The first-order chi connectivity index (χ1) is 13.1. The second kappa shape index (κ2) is 9.36. The monoisotopic (exact) mass is 371 g/mol. The van der Waals surface area contributed by atoms with Crippen LogP contribution in [0.4, 0.5) is 0 Å². The first-order valence-electron chi connectivity index (χ1n) is 10.4. The number of carbonyl (C=O) groups excluding carboxylic acids is 2. The second-order valence-electron chi connectivity index (χ2n) is 8.23. The van der Waals surface area contributed by atoms with E-state index < -0.39 is 0 Å². The van der Waals surface area contributed by atoms with Crippen LogP contribution in [0.1, 0.15) is 56.3 Å². The Hall–Kier alpha value is -1.88. The first kappa shape index (κ1) is 19.9. The highest BCUT2D eigenvalue weighted by molar-refractivity contribution is 5.94.